The second kappa shape index (κ2) is 6.41. The van der Waals surface area contributed by atoms with Crippen LogP contribution in [0.3, 0.4) is 0 Å². The molecule has 2 fully saturated rings. The summed E-state index contributed by atoms with van der Waals surface area (Å²) in [6, 6.07) is 1.39. The van der Waals surface area contributed by atoms with Gasteiger partial charge in [-0.05, 0) is 59.7 Å². The Kier molecular flexibility index (Phi) is 5.04. The van der Waals surface area contributed by atoms with Gasteiger partial charge in [-0.3, -0.25) is 14.6 Å². The number of carbonyl (C=O) groups excluding carboxylic acids is 1. The van der Waals surface area contributed by atoms with E-state index in [2.05, 4.69) is 22.0 Å². The number of fused-ring (bicyclic) bond motifs is 1. The summed E-state index contributed by atoms with van der Waals surface area (Å²) in [5.41, 5.74) is 4.91. The van der Waals surface area contributed by atoms with Crippen molar-refractivity contribution in [3.8, 4) is 0 Å². The van der Waals surface area contributed by atoms with E-state index in [1.165, 1.54) is 32.5 Å². The van der Waals surface area contributed by atoms with Gasteiger partial charge in [0.2, 0.25) is 5.91 Å². The largest absolute Gasteiger partial charge is 0.368 e. The molecule has 0 aliphatic carbocycles. The van der Waals surface area contributed by atoms with E-state index >= 15 is 0 Å². The van der Waals surface area contributed by atoms with E-state index in [4.69, 9.17) is 5.73 Å². The maximum atomic E-state index is 11.5. The first kappa shape index (κ1) is 15.7. The molecule has 3 unspecified atom stereocenters. The lowest BCUT2D eigenvalue weighted by Crippen LogP contribution is -2.55. The van der Waals surface area contributed by atoms with Crippen LogP contribution in [0.4, 0.5) is 0 Å². The fourth-order valence-electron chi connectivity index (χ4n) is 3.57. The van der Waals surface area contributed by atoms with Crippen molar-refractivity contribution in [2.75, 3.05) is 33.2 Å². The average molecular weight is 282 g/mol. The Labute approximate surface area is 122 Å². The van der Waals surface area contributed by atoms with Gasteiger partial charge < -0.3 is 11.1 Å². The van der Waals surface area contributed by atoms with Gasteiger partial charge in [-0.2, -0.15) is 0 Å². The molecule has 3 N–H and O–H groups in total. The number of amides is 1. The number of rotatable bonds is 6. The van der Waals surface area contributed by atoms with Crippen LogP contribution in [-0.2, 0) is 4.79 Å². The minimum Gasteiger partial charge on any atom is -0.368 e. The average Bonchev–Trinajstić information content (AvgIpc) is 2.85. The van der Waals surface area contributed by atoms with E-state index in [0.29, 0.717) is 6.04 Å². The zero-order valence-corrected chi connectivity index (χ0v) is 13.2. The minimum absolute atomic E-state index is 0.256. The molecule has 0 bridgehead atoms. The molecule has 2 saturated heterocycles. The van der Waals surface area contributed by atoms with Crippen molar-refractivity contribution < 1.29 is 4.79 Å². The molecule has 2 aliphatic rings. The Morgan fingerprint density at radius 2 is 2.20 bits per heavy atom. The first-order valence-corrected chi connectivity index (χ1v) is 7.93. The zero-order valence-electron chi connectivity index (χ0n) is 13.2. The smallest absolute Gasteiger partial charge is 0.237 e. The van der Waals surface area contributed by atoms with Crippen molar-refractivity contribution in [2.45, 2.75) is 57.2 Å². The molecule has 3 atom stereocenters. The Morgan fingerprint density at radius 3 is 2.85 bits per heavy atom. The molecule has 2 rings (SSSR count). The van der Waals surface area contributed by atoms with Crippen LogP contribution in [0.25, 0.3) is 0 Å². The molecule has 2 heterocycles. The van der Waals surface area contributed by atoms with E-state index in [1.54, 1.807) is 0 Å². The highest BCUT2D eigenvalue weighted by Gasteiger charge is 2.34. The summed E-state index contributed by atoms with van der Waals surface area (Å²) >= 11 is 0. The first-order valence-electron chi connectivity index (χ1n) is 7.93. The number of piperazine rings is 1. The number of primary amides is 1. The van der Waals surface area contributed by atoms with E-state index in [1.807, 2.05) is 14.0 Å². The third kappa shape index (κ3) is 3.32. The van der Waals surface area contributed by atoms with Gasteiger partial charge in [0.05, 0.1) is 5.54 Å². The van der Waals surface area contributed by atoms with Crippen LogP contribution in [-0.4, -0.2) is 66.6 Å². The fourth-order valence-corrected chi connectivity index (χ4v) is 3.57. The van der Waals surface area contributed by atoms with Crippen molar-refractivity contribution in [2.24, 2.45) is 5.73 Å². The number of hydrogen-bond donors (Lipinski definition) is 2. The van der Waals surface area contributed by atoms with Crippen LogP contribution >= 0.6 is 0 Å². The third-order valence-electron chi connectivity index (χ3n) is 5.28. The van der Waals surface area contributed by atoms with Gasteiger partial charge in [0, 0.05) is 25.2 Å². The van der Waals surface area contributed by atoms with E-state index in [9.17, 15) is 4.79 Å². The fraction of sp³-hybridized carbons (Fsp3) is 0.933. The molecular formula is C15H30N4O. The maximum Gasteiger partial charge on any atom is 0.237 e. The molecular weight excluding hydrogens is 252 g/mol. The summed E-state index contributed by atoms with van der Waals surface area (Å²) < 4.78 is 0. The summed E-state index contributed by atoms with van der Waals surface area (Å²) in [6.07, 6.45) is 4.51. The van der Waals surface area contributed by atoms with Crippen molar-refractivity contribution in [3.05, 3.63) is 0 Å². The van der Waals surface area contributed by atoms with E-state index < -0.39 is 5.54 Å². The number of nitrogens with one attached hydrogen (secondary N) is 1. The molecule has 0 aromatic rings. The summed E-state index contributed by atoms with van der Waals surface area (Å²) in [7, 11) is 1.81. The first-order chi connectivity index (χ1) is 9.46. The Bertz CT molecular complexity index is 349. The molecule has 5 nitrogen and oxygen atoms in total. The van der Waals surface area contributed by atoms with Gasteiger partial charge in [-0.1, -0.05) is 0 Å². The standard InChI is InChI=1S/C15H30N4O/c1-12-10-19-8-4-6-13(19)11-18(12)9-5-7-15(2,17-3)14(16)20/h12-13,17H,4-11H2,1-3H3,(H2,16,20). The van der Waals surface area contributed by atoms with Crippen molar-refractivity contribution in [3.63, 3.8) is 0 Å². The summed E-state index contributed by atoms with van der Waals surface area (Å²) in [4.78, 5) is 16.7. The molecule has 0 radical (unpaired) electrons. The minimum atomic E-state index is -0.571. The quantitative estimate of drug-likeness (QED) is 0.740. The second-order valence-electron chi connectivity index (χ2n) is 6.68. The number of carbonyl (C=O) groups is 1. The second-order valence-corrected chi connectivity index (χ2v) is 6.68. The highest BCUT2D eigenvalue weighted by Crippen LogP contribution is 2.25. The van der Waals surface area contributed by atoms with Crippen LogP contribution in [0.15, 0.2) is 0 Å². The van der Waals surface area contributed by atoms with Crippen molar-refractivity contribution in [1.29, 1.82) is 0 Å². The topological polar surface area (TPSA) is 61.6 Å². The predicted octanol–water partition coefficient (Wildman–Crippen LogP) is 0.399. The lowest BCUT2D eigenvalue weighted by Gasteiger charge is -2.42. The molecule has 0 aromatic heterocycles. The van der Waals surface area contributed by atoms with Crippen molar-refractivity contribution in [1.82, 2.24) is 15.1 Å². The molecule has 116 valence electrons. The van der Waals surface area contributed by atoms with Gasteiger partial charge in [-0.25, -0.2) is 0 Å². The number of nitrogens with zero attached hydrogens (tertiary/aromatic N) is 2. The lowest BCUT2D eigenvalue weighted by atomic mass is 9.94. The number of nitrogens with two attached hydrogens (primary N) is 1. The van der Waals surface area contributed by atoms with E-state index in [-0.39, 0.29) is 5.91 Å². The van der Waals surface area contributed by atoms with Gasteiger partial charge in [0.15, 0.2) is 0 Å². The Hall–Kier alpha value is -0.650. The van der Waals surface area contributed by atoms with Crippen LogP contribution in [0.1, 0.15) is 39.5 Å². The molecule has 20 heavy (non-hydrogen) atoms. The molecule has 0 saturated carbocycles. The van der Waals surface area contributed by atoms with Gasteiger partial charge in [-0.15, -0.1) is 0 Å². The summed E-state index contributed by atoms with van der Waals surface area (Å²) in [6.45, 7) is 8.95. The highest BCUT2D eigenvalue weighted by molar-refractivity contribution is 5.84. The predicted molar refractivity (Wildman–Crippen MR) is 81.5 cm³/mol. The highest BCUT2D eigenvalue weighted by atomic mass is 16.1. The number of hydrogen-bond acceptors (Lipinski definition) is 4. The molecule has 0 aromatic carbocycles. The van der Waals surface area contributed by atoms with Crippen LogP contribution < -0.4 is 11.1 Å². The van der Waals surface area contributed by atoms with Crippen LogP contribution in [0.5, 0.6) is 0 Å². The molecule has 2 aliphatic heterocycles. The zero-order chi connectivity index (χ0) is 14.8. The van der Waals surface area contributed by atoms with E-state index in [0.717, 1.165) is 25.4 Å². The molecule has 5 heteroatoms. The van der Waals surface area contributed by atoms with Gasteiger partial charge in [0.25, 0.3) is 0 Å². The SMILES string of the molecule is CNC(C)(CCCN1CC2CCCN2CC1C)C(N)=O. The maximum absolute atomic E-state index is 11.5. The monoisotopic (exact) mass is 282 g/mol. The van der Waals surface area contributed by atoms with Crippen LogP contribution in [0.2, 0.25) is 0 Å². The van der Waals surface area contributed by atoms with Crippen LogP contribution in [0, 0.1) is 0 Å². The third-order valence-corrected chi connectivity index (χ3v) is 5.28. The number of likely N-dealkylation sites (N-methyl/N-ethyl adjacent to an activating group) is 1. The lowest BCUT2D eigenvalue weighted by molar-refractivity contribution is -0.123. The van der Waals surface area contributed by atoms with Crippen molar-refractivity contribution >= 4 is 5.91 Å². The normalized spacial score (nSPS) is 30.9. The summed E-state index contributed by atoms with van der Waals surface area (Å²) in [5, 5.41) is 3.06. The molecule has 1 amide bonds. The van der Waals surface area contributed by atoms with Gasteiger partial charge in [0.1, 0.15) is 0 Å². The Balaban J connectivity index is 1.80. The van der Waals surface area contributed by atoms with Gasteiger partial charge >= 0.3 is 0 Å². The molecule has 0 spiro atoms. The summed E-state index contributed by atoms with van der Waals surface area (Å²) in [5.74, 6) is -0.256. The Morgan fingerprint density at radius 1 is 1.45 bits per heavy atom.